The summed E-state index contributed by atoms with van der Waals surface area (Å²) >= 11 is 1.59. The van der Waals surface area contributed by atoms with Crippen molar-refractivity contribution in [2.24, 2.45) is 5.73 Å². The molecule has 0 aliphatic heterocycles. The van der Waals surface area contributed by atoms with E-state index in [1.807, 2.05) is 35.7 Å². The van der Waals surface area contributed by atoms with Gasteiger partial charge in [0.2, 0.25) is 0 Å². The third-order valence-corrected chi connectivity index (χ3v) is 3.98. The number of hydrogen-bond donors (Lipinski definition) is 1. The van der Waals surface area contributed by atoms with E-state index < -0.39 is 0 Å². The van der Waals surface area contributed by atoms with Gasteiger partial charge in [-0.3, -0.25) is 4.79 Å². The fourth-order valence-corrected chi connectivity index (χ4v) is 2.92. The van der Waals surface area contributed by atoms with E-state index >= 15 is 0 Å². The first-order valence-electron chi connectivity index (χ1n) is 6.49. The molecule has 0 unspecified atom stereocenters. The predicted molar refractivity (Wildman–Crippen MR) is 85.4 cm³/mol. The number of fused-ring (bicyclic) bond motifs is 1. The Morgan fingerprint density at radius 1 is 1.33 bits per heavy atom. The Balaban J connectivity index is 2.00. The van der Waals surface area contributed by atoms with E-state index in [4.69, 9.17) is 5.73 Å². The zero-order valence-electron chi connectivity index (χ0n) is 11.2. The second kappa shape index (κ2) is 5.92. The number of aromatic nitrogens is 2. The first kappa shape index (κ1) is 13.6. The van der Waals surface area contributed by atoms with Crippen molar-refractivity contribution in [2.45, 2.75) is 6.54 Å². The summed E-state index contributed by atoms with van der Waals surface area (Å²) in [6.45, 7) is 0.871. The summed E-state index contributed by atoms with van der Waals surface area (Å²) in [6.07, 6.45) is 1.37. The van der Waals surface area contributed by atoms with Gasteiger partial charge in [-0.05, 0) is 18.2 Å². The number of nitrogens with two attached hydrogens (primary N) is 1. The quantitative estimate of drug-likeness (QED) is 0.734. The molecule has 3 aromatic rings. The highest BCUT2D eigenvalue weighted by Gasteiger charge is 2.06. The van der Waals surface area contributed by atoms with Crippen LogP contribution in [0.4, 0.5) is 0 Å². The average molecular weight is 295 g/mol. The summed E-state index contributed by atoms with van der Waals surface area (Å²) in [4.78, 5) is 17.3. The molecule has 0 bridgehead atoms. The van der Waals surface area contributed by atoms with Crippen LogP contribution in [0.5, 0.6) is 0 Å². The van der Waals surface area contributed by atoms with Crippen LogP contribution in [0.3, 0.4) is 0 Å². The van der Waals surface area contributed by atoms with Crippen molar-refractivity contribution in [1.29, 1.82) is 0 Å². The molecule has 0 saturated heterocycles. The van der Waals surface area contributed by atoms with E-state index in [0.717, 1.165) is 21.5 Å². The van der Waals surface area contributed by atoms with Gasteiger partial charge in [-0.1, -0.05) is 24.0 Å². The highest BCUT2D eigenvalue weighted by molar-refractivity contribution is 7.10. The molecule has 0 spiro atoms. The smallest absolute Gasteiger partial charge is 0.269 e. The molecule has 0 radical (unpaired) electrons. The summed E-state index contributed by atoms with van der Waals surface area (Å²) in [7, 11) is 0. The van der Waals surface area contributed by atoms with Crippen LogP contribution in [0.15, 0.2) is 46.7 Å². The lowest BCUT2D eigenvalue weighted by molar-refractivity contribution is 0.798. The maximum atomic E-state index is 12.1. The average Bonchev–Trinajstić information content (AvgIpc) is 2.96. The van der Waals surface area contributed by atoms with E-state index in [2.05, 4.69) is 16.8 Å². The van der Waals surface area contributed by atoms with E-state index in [0.29, 0.717) is 13.1 Å². The molecule has 0 atom stereocenters. The van der Waals surface area contributed by atoms with Gasteiger partial charge in [-0.25, -0.2) is 4.98 Å². The molecule has 2 aromatic heterocycles. The molecule has 0 aliphatic rings. The summed E-state index contributed by atoms with van der Waals surface area (Å²) in [5.41, 5.74) is 7.86. The molecular weight excluding hydrogens is 282 g/mol. The number of hydrogen-bond acceptors (Lipinski definition) is 4. The summed E-state index contributed by atoms with van der Waals surface area (Å²) < 4.78 is 1.73. The standard InChI is InChI=1S/C16H13N3OS/c17-7-3-4-12-8-13(21-11-12)10-19-15-6-2-1-5-14(15)18-9-16(19)20/h1-2,5-6,8-9,11H,7,10,17H2. The molecule has 21 heavy (non-hydrogen) atoms. The summed E-state index contributed by atoms with van der Waals surface area (Å²) in [5.74, 6) is 5.83. The van der Waals surface area contributed by atoms with Crippen molar-refractivity contribution in [3.63, 3.8) is 0 Å². The van der Waals surface area contributed by atoms with E-state index in [1.54, 1.807) is 15.9 Å². The third-order valence-electron chi connectivity index (χ3n) is 3.06. The molecule has 4 nitrogen and oxygen atoms in total. The minimum Gasteiger partial charge on any atom is -0.320 e. The Kier molecular flexibility index (Phi) is 3.82. The number of benzene rings is 1. The molecule has 1 aromatic carbocycles. The van der Waals surface area contributed by atoms with Gasteiger partial charge in [0.05, 0.1) is 30.3 Å². The minimum absolute atomic E-state index is 0.100. The molecule has 0 amide bonds. The van der Waals surface area contributed by atoms with Crippen molar-refractivity contribution >= 4 is 22.4 Å². The van der Waals surface area contributed by atoms with Crippen LogP contribution < -0.4 is 11.3 Å². The van der Waals surface area contributed by atoms with Crippen LogP contribution in [0.2, 0.25) is 0 Å². The van der Waals surface area contributed by atoms with E-state index in [9.17, 15) is 4.79 Å². The van der Waals surface area contributed by atoms with Gasteiger partial charge in [0.15, 0.2) is 0 Å². The molecule has 3 rings (SSSR count). The molecule has 0 aliphatic carbocycles. The summed E-state index contributed by atoms with van der Waals surface area (Å²) in [6, 6.07) is 9.63. The zero-order chi connectivity index (χ0) is 14.7. The van der Waals surface area contributed by atoms with Gasteiger partial charge < -0.3 is 10.3 Å². The third kappa shape index (κ3) is 2.87. The maximum absolute atomic E-state index is 12.1. The van der Waals surface area contributed by atoms with Gasteiger partial charge >= 0.3 is 0 Å². The van der Waals surface area contributed by atoms with Crippen LogP contribution in [0.25, 0.3) is 11.0 Å². The van der Waals surface area contributed by atoms with Crippen LogP contribution in [0, 0.1) is 11.8 Å². The molecular formula is C16H13N3OS. The maximum Gasteiger partial charge on any atom is 0.269 e. The SMILES string of the molecule is NCC#Cc1csc(Cn2c(=O)cnc3ccccc32)c1. The van der Waals surface area contributed by atoms with Crippen molar-refractivity contribution in [1.82, 2.24) is 9.55 Å². The lowest BCUT2D eigenvalue weighted by Gasteiger charge is -2.07. The number of rotatable bonds is 2. The number of para-hydroxylation sites is 2. The van der Waals surface area contributed by atoms with Crippen LogP contribution in [-0.2, 0) is 6.54 Å². The number of nitrogens with zero attached hydrogens (tertiary/aromatic N) is 2. The largest absolute Gasteiger partial charge is 0.320 e. The second-order valence-corrected chi connectivity index (χ2v) is 5.47. The normalized spacial score (nSPS) is 10.3. The van der Waals surface area contributed by atoms with Crippen molar-refractivity contribution < 1.29 is 0 Å². The Morgan fingerprint density at radius 2 is 2.19 bits per heavy atom. The van der Waals surface area contributed by atoms with Gasteiger partial charge in [0.1, 0.15) is 0 Å². The van der Waals surface area contributed by atoms with Gasteiger partial charge in [0, 0.05) is 15.8 Å². The van der Waals surface area contributed by atoms with Gasteiger partial charge in [0.25, 0.3) is 5.56 Å². The second-order valence-electron chi connectivity index (χ2n) is 4.48. The Bertz CT molecular complexity index is 899. The highest BCUT2D eigenvalue weighted by atomic mass is 32.1. The monoisotopic (exact) mass is 295 g/mol. The molecule has 2 N–H and O–H groups in total. The predicted octanol–water partition coefficient (Wildman–Crippen LogP) is 1.82. The molecule has 0 saturated carbocycles. The van der Waals surface area contributed by atoms with Gasteiger partial charge in [-0.15, -0.1) is 11.3 Å². The molecule has 2 heterocycles. The van der Waals surface area contributed by atoms with Gasteiger partial charge in [-0.2, -0.15) is 0 Å². The minimum atomic E-state index is -0.100. The van der Waals surface area contributed by atoms with Crippen LogP contribution >= 0.6 is 11.3 Å². The Morgan fingerprint density at radius 3 is 3.05 bits per heavy atom. The Labute approximate surface area is 125 Å². The van der Waals surface area contributed by atoms with Crippen molar-refractivity contribution in [2.75, 3.05) is 6.54 Å². The van der Waals surface area contributed by atoms with Crippen LogP contribution in [0.1, 0.15) is 10.4 Å². The number of thiophene rings is 1. The zero-order valence-corrected chi connectivity index (χ0v) is 12.1. The highest BCUT2D eigenvalue weighted by Crippen LogP contribution is 2.17. The van der Waals surface area contributed by atoms with E-state index in [-0.39, 0.29) is 5.56 Å². The first-order chi connectivity index (χ1) is 10.3. The Hall–Kier alpha value is -2.42. The molecule has 0 fully saturated rings. The van der Waals surface area contributed by atoms with Crippen LogP contribution in [-0.4, -0.2) is 16.1 Å². The van der Waals surface area contributed by atoms with Crippen molar-refractivity contribution in [3.05, 3.63) is 62.7 Å². The fraction of sp³-hybridized carbons (Fsp3) is 0.125. The van der Waals surface area contributed by atoms with Crippen molar-refractivity contribution in [3.8, 4) is 11.8 Å². The van der Waals surface area contributed by atoms with E-state index in [1.165, 1.54) is 6.20 Å². The topological polar surface area (TPSA) is 60.9 Å². The lowest BCUT2D eigenvalue weighted by Crippen LogP contribution is -2.20. The first-order valence-corrected chi connectivity index (χ1v) is 7.37. The molecule has 5 heteroatoms. The fourth-order valence-electron chi connectivity index (χ4n) is 2.12. The summed E-state index contributed by atoms with van der Waals surface area (Å²) in [5, 5.41) is 1.98. The molecule has 104 valence electrons. The lowest BCUT2D eigenvalue weighted by atomic mass is 10.2.